The molecule has 6 heterocycles. The Morgan fingerprint density at radius 3 is 2.57 bits per heavy atom. The quantitative estimate of drug-likeness (QED) is 0.148. The third-order valence-electron chi connectivity index (χ3n) is 12.8. The molecule has 1 amide bonds. The van der Waals surface area contributed by atoms with Crippen LogP contribution in [0, 0.1) is 29.9 Å². The fourth-order valence-electron chi connectivity index (χ4n) is 10.2. The van der Waals surface area contributed by atoms with Crippen LogP contribution in [-0.2, 0) is 11.8 Å². The molecule has 1 N–H and O–H groups in total. The maximum absolute atomic E-state index is 17.7. The number of alkyl halides is 3. The van der Waals surface area contributed by atoms with Crippen LogP contribution in [0.3, 0.4) is 0 Å². The first kappa shape index (κ1) is 35.2. The molecular weight excluding hydrogens is 733 g/mol. The predicted molar refractivity (Wildman–Crippen MR) is 198 cm³/mol. The zero-order valence-corrected chi connectivity index (χ0v) is 30.5. The lowest BCUT2D eigenvalue weighted by Crippen LogP contribution is -2.56. The molecule has 0 spiro atoms. The van der Waals surface area contributed by atoms with Gasteiger partial charge >= 0.3 is 6.01 Å². The molecule has 5 aliphatic rings. The highest BCUT2D eigenvalue weighted by Gasteiger charge is 2.58. The average molecular weight is 772 g/mol. The first-order valence-corrected chi connectivity index (χ1v) is 19.1. The molecule has 4 saturated heterocycles. The summed E-state index contributed by atoms with van der Waals surface area (Å²) in [5, 5.41) is 16.9. The average Bonchev–Trinajstić information content (AvgIpc) is 3.56. The normalized spacial score (nSPS) is 26.7. The summed E-state index contributed by atoms with van der Waals surface area (Å²) in [5.74, 6) is -3.00. The largest absolute Gasteiger partial charge is 0.508 e. The number of aryl methyl sites for hydroxylation is 1. The topological polar surface area (TPSA) is 99.9 Å². The van der Waals surface area contributed by atoms with E-state index < -0.39 is 35.2 Å². The number of rotatable bonds is 7. The molecule has 2 aromatic heterocycles. The summed E-state index contributed by atoms with van der Waals surface area (Å²) in [6.07, 6.45) is 9.29. The zero-order valence-electron chi connectivity index (χ0n) is 30.5. The number of amides is 1. The number of piperazine rings is 1. The minimum Gasteiger partial charge on any atom is -0.508 e. The van der Waals surface area contributed by atoms with Crippen molar-refractivity contribution in [1.82, 2.24) is 29.5 Å². The molecule has 2 bridgehead atoms. The van der Waals surface area contributed by atoms with Crippen molar-refractivity contribution in [2.75, 3.05) is 37.7 Å². The molecule has 5 atom stereocenters. The van der Waals surface area contributed by atoms with Crippen LogP contribution in [0.5, 0.6) is 11.8 Å². The Balaban J connectivity index is 1.14. The molecule has 1 unspecified atom stereocenters. The second-order valence-corrected chi connectivity index (χ2v) is 16.3. The third-order valence-corrected chi connectivity index (χ3v) is 12.8. The molecule has 10 nitrogen and oxygen atoms in total. The summed E-state index contributed by atoms with van der Waals surface area (Å²) >= 11 is 0. The van der Waals surface area contributed by atoms with Gasteiger partial charge < -0.3 is 19.6 Å². The number of carbonyl (C=O) groups excluding carboxylic acids is 1. The molecular formula is C41H38F5N7O3. The fourth-order valence-corrected chi connectivity index (χ4v) is 10.2. The van der Waals surface area contributed by atoms with Gasteiger partial charge in [-0.2, -0.15) is 15.1 Å². The number of benzene rings is 3. The Bertz CT molecular complexity index is 2530. The third kappa shape index (κ3) is 5.38. The van der Waals surface area contributed by atoms with E-state index in [1.54, 1.807) is 18.1 Å². The van der Waals surface area contributed by atoms with E-state index >= 15 is 8.78 Å². The zero-order chi connectivity index (χ0) is 38.8. The highest BCUT2D eigenvalue weighted by molar-refractivity contribution is 6.18. The van der Waals surface area contributed by atoms with Crippen LogP contribution in [0.2, 0.25) is 0 Å². The van der Waals surface area contributed by atoms with E-state index in [2.05, 4.69) is 20.9 Å². The number of phenolic OH excluding ortho intramolecular Hbond substituents is 1. The van der Waals surface area contributed by atoms with Crippen molar-refractivity contribution in [2.45, 2.75) is 74.7 Å². The fraction of sp³-hybridized carbons (Fsp3) is 0.463. The molecule has 290 valence electrons. The van der Waals surface area contributed by atoms with Crippen molar-refractivity contribution in [3.05, 3.63) is 47.7 Å². The van der Waals surface area contributed by atoms with Gasteiger partial charge in [0.1, 0.15) is 41.2 Å². The van der Waals surface area contributed by atoms with Crippen LogP contribution in [0.4, 0.5) is 27.8 Å². The number of aromatic hydroxyl groups is 1. The SMILES string of the molecule is C#Cc1c(F)ccc2cc(O)cc(-c3c(F)c4nc(OC[C@@]56CCCN5C[C@H](F)C6)nc(N5C[C@H]6CC[C@@H](C5)N6C(=O)CC5CC5(F)F)c4c4cn(C)nc34)c12. The molecule has 5 aromatic rings. The van der Waals surface area contributed by atoms with Gasteiger partial charge in [-0.1, -0.05) is 12.0 Å². The first-order chi connectivity index (χ1) is 26.8. The molecule has 5 fully saturated rings. The van der Waals surface area contributed by atoms with Crippen LogP contribution in [0.1, 0.15) is 50.5 Å². The highest BCUT2D eigenvalue weighted by atomic mass is 19.3. The van der Waals surface area contributed by atoms with Crippen molar-refractivity contribution in [3.8, 4) is 35.2 Å². The summed E-state index contributed by atoms with van der Waals surface area (Å²) in [4.78, 5) is 28.8. The predicted octanol–water partition coefficient (Wildman–Crippen LogP) is 6.48. The smallest absolute Gasteiger partial charge is 0.319 e. The Morgan fingerprint density at radius 1 is 1.07 bits per heavy atom. The van der Waals surface area contributed by atoms with E-state index in [1.165, 1.54) is 28.9 Å². The van der Waals surface area contributed by atoms with Gasteiger partial charge in [0.25, 0.3) is 5.92 Å². The van der Waals surface area contributed by atoms with E-state index in [0.29, 0.717) is 60.9 Å². The van der Waals surface area contributed by atoms with Gasteiger partial charge in [0.05, 0.1) is 16.5 Å². The number of aromatic nitrogens is 4. The van der Waals surface area contributed by atoms with Gasteiger partial charge in [0.15, 0.2) is 5.82 Å². The van der Waals surface area contributed by atoms with Gasteiger partial charge in [0.2, 0.25) is 5.91 Å². The molecule has 3 aromatic carbocycles. The molecule has 1 aliphatic carbocycles. The maximum atomic E-state index is 17.7. The Kier molecular flexibility index (Phi) is 7.78. The van der Waals surface area contributed by atoms with Crippen LogP contribution >= 0.6 is 0 Å². The Morgan fingerprint density at radius 2 is 1.84 bits per heavy atom. The number of carbonyl (C=O) groups is 1. The highest BCUT2D eigenvalue weighted by Crippen LogP contribution is 2.52. The second-order valence-electron chi connectivity index (χ2n) is 16.3. The molecule has 4 aliphatic heterocycles. The number of terminal acetylenes is 1. The minimum absolute atomic E-state index is 0.0595. The first-order valence-electron chi connectivity index (χ1n) is 19.1. The van der Waals surface area contributed by atoms with Crippen molar-refractivity contribution in [1.29, 1.82) is 0 Å². The van der Waals surface area contributed by atoms with Crippen molar-refractivity contribution >= 4 is 44.3 Å². The van der Waals surface area contributed by atoms with E-state index in [9.17, 15) is 23.1 Å². The summed E-state index contributed by atoms with van der Waals surface area (Å²) < 4.78 is 83.2. The van der Waals surface area contributed by atoms with E-state index in [-0.39, 0.29) is 82.3 Å². The molecule has 0 radical (unpaired) electrons. The van der Waals surface area contributed by atoms with Gasteiger partial charge in [0, 0.05) is 86.5 Å². The number of anilines is 1. The Hall–Kier alpha value is -5.23. The lowest BCUT2D eigenvalue weighted by molar-refractivity contribution is -0.135. The number of ether oxygens (including phenoxy) is 1. The van der Waals surface area contributed by atoms with Crippen molar-refractivity contribution < 1.29 is 36.6 Å². The maximum Gasteiger partial charge on any atom is 0.319 e. The molecule has 15 heteroatoms. The van der Waals surface area contributed by atoms with Crippen LogP contribution in [0.15, 0.2) is 30.5 Å². The lowest BCUT2D eigenvalue weighted by atomic mass is 9.91. The van der Waals surface area contributed by atoms with E-state index in [4.69, 9.17) is 16.1 Å². The molecule has 10 rings (SSSR count). The van der Waals surface area contributed by atoms with E-state index in [0.717, 1.165) is 19.4 Å². The summed E-state index contributed by atoms with van der Waals surface area (Å²) in [7, 11) is 1.68. The number of fused-ring (bicyclic) bond motifs is 7. The van der Waals surface area contributed by atoms with Crippen LogP contribution in [-0.4, -0.2) is 103 Å². The summed E-state index contributed by atoms with van der Waals surface area (Å²) in [5.41, 5.74) is -0.523. The molecule has 1 saturated carbocycles. The van der Waals surface area contributed by atoms with Crippen LogP contribution in [0.25, 0.3) is 43.7 Å². The van der Waals surface area contributed by atoms with Crippen molar-refractivity contribution in [3.63, 3.8) is 0 Å². The van der Waals surface area contributed by atoms with Gasteiger partial charge in [-0.25, -0.2) is 22.0 Å². The standard InChI is InChI=1S/C41H38F5N7O3/c1-3-27-30(43)8-5-21-11-26(54)13-28(32(21)27)33-35(44)37-34(29-19-50(2)49-36(29)33)38(48-39(47-37)56-20-40-9-4-10-52(40)16-23(42)15-40)51-17-24-6-7-25(18-51)53(24)31(55)12-22-14-41(22,45)46/h1,5,8,11,13,19,22-25,54H,4,6-7,9-10,12,14-18,20H2,2H3/t22?,23-,24-,25+,40+/m1/s1. The number of halogens is 5. The lowest BCUT2D eigenvalue weighted by Gasteiger charge is -2.42. The monoisotopic (exact) mass is 771 g/mol. The minimum atomic E-state index is -2.80. The number of nitrogens with zero attached hydrogens (tertiary/aromatic N) is 7. The number of hydrogen-bond acceptors (Lipinski definition) is 8. The van der Waals surface area contributed by atoms with Crippen molar-refractivity contribution in [2.24, 2.45) is 13.0 Å². The molecule has 56 heavy (non-hydrogen) atoms. The van der Waals surface area contributed by atoms with Crippen LogP contribution < -0.4 is 9.64 Å². The van der Waals surface area contributed by atoms with E-state index in [1.807, 2.05) is 4.90 Å². The van der Waals surface area contributed by atoms with Gasteiger partial charge in [-0.3, -0.25) is 14.4 Å². The Labute approximate surface area is 318 Å². The number of phenols is 1. The van der Waals surface area contributed by atoms with Gasteiger partial charge in [-0.05, 0) is 61.4 Å². The second kappa shape index (κ2) is 12.4. The number of hydrogen-bond donors (Lipinski definition) is 1. The van der Waals surface area contributed by atoms with Gasteiger partial charge in [-0.15, -0.1) is 6.42 Å². The summed E-state index contributed by atoms with van der Waals surface area (Å²) in [6, 6.07) is 4.72. The summed E-state index contributed by atoms with van der Waals surface area (Å²) in [6.45, 7) is 1.76.